The molecule has 0 spiro atoms. The molecule has 5 heteroatoms. The summed E-state index contributed by atoms with van der Waals surface area (Å²) in [6.45, 7) is 3.16. The molecule has 3 aromatic rings. The molecule has 2 aromatic carbocycles. The summed E-state index contributed by atoms with van der Waals surface area (Å²) in [7, 11) is 0. The van der Waals surface area contributed by atoms with Gasteiger partial charge in [-0.2, -0.15) is 0 Å². The van der Waals surface area contributed by atoms with Crippen molar-refractivity contribution in [3.05, 3.63) is 53.6 Å². The molecule has 4 nitrogen and oxygen atoms in total. The third-order valence-corrected chi connectivity index (χ3v) is 4.25. The summed E-state index contributed by atoms with van der Waals surface area (Å²) >= 11 is 5.98. The quantitative estimate of drug-likeness (QED) is 0.718. The van der Waals surface area contributed by atoms with E-state index >= 15 is 0 Å². The highest BCUT2D eigenvalue weighted by atomic mass is 35.5. The molecule has 23 heavy (non-hydrogen) atoms. The summed E-state index contributed by atoms with van der Waals surface area (Å²) in [5.41, 5.74) is 1.92. The van der Waals surface area contributed by atoms with Crippen LogP contribution in [0, 0.1) is 0 Å². The van der Waals surface area contributed by atoms with Gasteiger partial charge in [-0.3, -0.25) is 0 Å². The van der Waals surface area contributed by atoms with Gasteiger partial charge in [-0.25, -0.2) is 9.97 Å². The first-order valence-corrected chi connectivity index (χ1v) is 8.04. The number of nitrogens with zero attached hydrogens (tertiary/aromatic N) is 3. The van der Waals surface area contributed by atoms with Crippen LogP contribution in [0.1, 0.15) is 0 Å². The van der Waals surface area contributed by atoms with Crippen molar-refractivity contribution in [1.82, 2.24) is 9.97 Å². The van der Waals surface area contributed by atoms with E-state index in [0.29, 0.717) is 5.02 Å². The third-order valence-electron chi connectivity index (χ3n) is 4.00. The van der Waals surface area contributed by atoms with Gasteiger partial charge >= 0.3 is 0 Å². The minimum absolute atomic E-state index is 0.711. The maximum atomic E-state index is 5.98. The second-order valence-corrected chi connectivity index (χ2v) is 5.93. The van der Waals surface area contributed by atoms with Crippen molar-refractivity contribution in [3.63, 3.8) is 0 Å². The highest BCUT2D eigenvalue weighted by Crippen LogP contribution is 2.28. The lowest BCUT2D eigenvalue weighted by molar-refractivity contribution is 0.122. The molecule has 1 fully saturated rings. The average molecular weight is 326 g/mol. The van der Waals surface area contributed by atoms with Gasteiger partial charge in [-0.05, 0) is 36.4 Å². The lowest BCUT2D eigenvalue weighted by Gasteiger charge is -2.29. The maximum Gasteiger partial charge on any atom is 0.162 e. The maximum absolute atomic E-state index is 5.98. The third kappa shape index (κ3) is 2.87. The number of ether oxygens (including phenoxy) is 1. The molecule has 1 aliphatic heterocycles. The van der Waals surface area contributed by atoms with Crippen LogP contribution in [-0.2, 0) is 4.74 Å². The number of aromatic nitrogens is 2. The highest BCUT2D eigenvalue weighted by molar-refractivity contribution is 6.30. The summed E-state index contributed by atoms with van der Waals surface area (Å²) in [6.07, 6.45) is 0. The Labute approximate surface area is 139 Å². The molecular weight excluding hydrogens is 310 g/mol. The van der Waals surface area contributed by atoms with Gasteiger partial charge in [-0.15, -0.1) is 0 Å². The van der Waals surface area contributed by atoms with E-state index in [-0.39, 0.29) is 0 Å². The zero-order valence-electron chi connectivity index (χ0n) is 12.6. The standard InChI is InChI=1S/C18H16ClN3O/c19-14-7-5-13(6-8-14)17-20-16-4-2-1-3-15(16)18(21-17)22-9-11-23-12-10-22/h1-8H,9-12H2. The molecule has 0 radical (unpaired) electrons. The van der Waals surface area contributed by atoms with Crippen LogP contribution in [-0.4, -0.2) is 36.3 Å². The molecule has 0 unspecified atom stereocenters. The molecule has 1 aliphatic rings. The number of fused-ring (bicyclic) bond motifs is 1. The van der Waals surface area contributed by atoms with E-state index in [1.807, 2.05) is 42.5 Å². The van der Waals surface area contributed by atoms with Crippen molar-refractivity contribution < 1.29 is 4.74 Å². The fourth-order valence-corrected chi connectivity index (χ4v) is 2.93. The summed E-state index contributed by atoms with van der Waals surface area (Å²) in [5, 5.41) is 1.79. The summed E-state index contributed by atoms with van der Waals surface area (Å²) in [4.78, 5) is 11.8. The first-order chi connectivity index (χ1) is 11.3. The summed E-state index contributed by atoms with van der Waals surface area (Å²) in [5.74, 6) is 1.70. The van der Waals surface area contributed by atoms with Crippen molar-refractivity contribution in [2.75, 3.05) is 31.2 Å². The number of benzene rings is 2. The molecule has 0 bridgehead atoms. The van der Waals surface area contributed by atoms with Gasteiger partial charge in [0.05, 0.1) is 18.7 Å². The molecule has 1 aromatic heterocycles. The monoisotopic (exact) mass is 325 g/mol. The van der Waals surface area contributed by atoms with Crippen molar-refractivity contribution in [1.29, 1.82) is 0 Å². The Balaban J connectivity index is 1.87. The molecule has 0 aliphatic carbocycles. The molecule has 0 amide bonds. The SMILES string of the molecule is Clc1ccc(-c2nc(N3CCOCC3)c3ccccc3n2)cc1. The minimum atomic E-state index is 0.711. The van der Waals surface area contributed by atoms with Gasteiger partial charge in [0.25, 0.3) is 0 Å². The van der Waals surface area contributed by atoms with Gasteiger partial charge in [-0.1, -0.05) is 23.7 Å². The van der Waals surface area contributed by atoms with Crippen LogP contribution in [0.25, 0.3) is 22.3 Å². The number of halogens is 1. The van der Waals surface area contributed by atoms with E-state index in [0.717, 1.165) is 54.4 Å². The van der Waals surface area contributed by atoms with Gasteiger partial charge in [0.2, 0.25) is 0 Å². The zero-order chi connectivity index (χ0) is 15.6. The predicted octanol–water partition coefficient (Wildman–Crippen LogP) is 3.79. The normalized spacial score (nSPS) is 15.1. The van der Waals surface area contributed by atoms with Gasteiger partial charge in [0, 0.05) is 29.1 Å². The first-order valence-electron chi connectivity index (χ1n) is 7.67. The lowest BCUT2D eigenvalue weighted by atomic mass is 10.1. The Morgan fingerprint density at radius 1 is 0.913 bits per heavy atom. The number of morpholine rings is 1. The van der Waals surface area contributed by atoms with E-state index in [1.54, 1.807) is 0 Å². The highest BCUT2D eigenvalue weighted by Gasteiger charge is 2.17. The Hall–Kier alpha value is -2.17. The van der Waals surface area contributed by atoms with Gasteiger partial charge in [0.1, 0.15) is 5.82 Å². The number of hydrogen-bond donors (Lipinski definition) is 0. The van der Waals surface area contributed by atoms with Crippen LogP contribution in [0.2, 0.25) is 5.02 Å². The molecular formula is C18H16ClN3O. The topological polar surface area (TPSA) is 38.2 Å². The molecule has 0 atom stereocenters. The zero-order valence-corrected chi connectivity index (χ0v) is 13.3. The van der Waals surface area contributed by atoms with E-state index in [1.165, 1.54) is 0 Å². The van der Waals surface area contributed by atoms with Gasteiger partial charge < -0.3 is 9.64 Å². The molecule has 4 rings (SSSR count). The van der Waals surface area contributed by atoms with Crippen LogP contribution < -0.4 is 4.90 Å². The molecule has 1 saturated heterocycles. The van der Waals surface area contributed by atoms with Gasteiger partial charge in [0.15, 0.2) is 5.82 Å². The largest absolute Gasteiger partial charge is 0.378 e. The Morgan fingerprint density at radius 2 is 1.65 bits per heavy atom. The Bertz CT molecular complexity index is 829. The van der Waals surface area contributed by atoms with Crippen molar-refractivity contribution in [2.24, 2.45) is 0 Å². The van der Waals surface area contributed by atoms with E-state index < -0.39 is 0 Å². The summed E-state index contributed by atoms with van der Waals surface area (Å²) in [6, 6.07) is 15.8. The van der Waals surface area contributed by atoms with Crippen LogP contribution in [0.5, 0.6) is 0 Å². The smallest absolute Gasteiger partial charge is 0.162 e. The second kappa shape index (κ2) is 6.14. The predicted molar refractivity (Wildman–Crippen MR) is 93.0 cm³/mol. The van der Waals surface area contributed by atoms with Crippen LogP contribution in [0.4, 0.5) is 5.82 Å². The number of para-hydroxylation sites is 1. The lowest BCUT2D eigenvalue weighted by Crippen LogP contribution is -2.37. The Kier molecular flexibility index (Phi) is 3.85. The number of anilines is 1. The molecule has 2 heterocycles. The Morgan fingerprint density at radius 3 is 2.43 bits per heavy atom. The van der Waals surface area contributed by atoms with Crippen molar-refractivity contribution in [3.8, 4) is 11.4 Å². The molecule has 0 saturated carbocycles. The minimum Gasteiger partial charge on any atom is -0.378 e. The average Bonchev–Trinajstić information content (AvgIpc) is 2.62. The van der Waals surface area contributed by atoms with Crippen LogP contribution in [0.15, 0.2) is 48.5 Å². The van der Waals surface area contributed by atoms with E-state index in [9.17, 15) is 0 Å². The molecule has 0 N–H and O–H groups in total. The number of hydrogen-bond acceptors (Lipinski definition) is 4. The van der Waals surface area contributed by atoms with Crippen LogP contribution in [0.3, 0.4) is 0 Å². The summed E-state index contributed by atoms with van der Waals surface area (Å²) < 4.78 is 5.46. The first kappa shape index (κ1) is 14.4. The fourth-order valence-electron chi connectivity index (χ4n) is 2.80. The van der Waals surface area contributed by atoms with E-state index in [2.05, 4.69) is 11.0 Å². The van der Waals surface area contributed by atoms with Crippen molar-refractivity contribution in [2.45, 2.75) is 0 Å². The van der Waals surface area contributed by atoms with Crippen molar-refractivity contribution >= 4 is 28.3 Å². The van der Waals surface area contributed by atoms with E-state index in [4.69, 9.17) is 26.3 Å². The van der Waals surface area contributed by atoms with Crippen LogP contribution >= 0.6 is 11.6 Å². The fraction of sp³-hybridized carbons (Fsp3) is 0.222. The number of rotatable bonds is 2. The second-order valence-electron chi connectivity index (χ2n) is 5.49. The molecule has 116 valence electrons.